The molecule has 3 heteroatoms. The van der Waals surface area contributed by atoms with Gasteiger partial charge in [-0.1, -0.05) is 35.9 Å². The van der Waals surface area contributed by atoms with Crippen molar-refractivity contribution < 1.29 is 4.74 Å². The molecule has 1 aliphatic rings. The molecule has 0 unspecified atom stereocenters. The number of piperidine rings is 1. The third-order valence-electron chi connectivity index (χ3n) is 4.01. The number of hydrogen-bond acceptors (Lipinski definition) is 2. The smallest absolute Gasteiger partial charge is 0.127 e. The number of hydrogen-bond donors (Lipinski definition) is 1. The van der Waals surface area contributed by atoms with E-state index < -0.39 is 0 Å². The molecule has 1 fully saturated rings. The Morgan fingerprint density at radius 2 is 2.00 bits per heavy atom. The Balaban J connectivity index is 1.67. The Labute approximate surface area is 125 Å². The van der Waals surface area contributed by atoms with Gasteiger partial charge in [-0.05, 0) is 50.4 Å². The number of nitrogens with one attached hydrogen (secondary N) is 1. The quantitative estimate of drug-likeness (QED) is 0.908. The lowest BCUT2D eigenvalue weighted by Crippen LogP contribution is -2.30. The normalized spacial score (nSPS) is 19.1. The van der Waals surface area contributed by atoms with Gasteiger partial charge in [0, 0.05) is 15.8 Å². The van der Waals surface area contributed by atoms with Gasteiger partial charge in [0.1, 0.15) is 5.75 Å². The first-order valence-electron chi connectivity index (χ1n) is 7.35. The Bertz CT molecular complexity index is 578. The van der Waals surface area contributed by atoms with E-state index in [-0.39, 0.29) is 0 Å². The summed E-state index contributed by atoms with van der Waals surface area (Å²) in [6.45, 7) is 3.07. The molecule has 3 rings (SSSR count). The molecule has 0 aliphatic carbocycles. The molecule has 1 atom stereocenters. The highest BCUT2D eigenvalue weighted by Gasteiger charge is 2.13. The third kappa shape index (κ3) is 3.08. The summed E-state index contributed by atoms with van der Waals surface area (Å²) in [5, 5.41) is 6.39. The minimum absolute atomic E-state index is 0.752. The van der Waals surface area contributed by atoms with E-state index >= 15 is 0 Å². The first-order valence-corrected chi connectivity index (χ1v) is 7.73. The average Bonchev–Trinajstić information content (AvgIpc) is 2.51. The third-order valence-corrected chi connectivity index (χ3v) is 4.34. The van der Waals surface area contributed by atoms with Crippen molar-refractivity contribution in [3.05, 3.63) is 41.4 Å². The first-order chi connectivity index (χ1) is 9.84. The maximum atomic E-state index is 6.22. The highest BCUT2D eigenvalue weighted by atomic mass is 35.5. The number of halogens is 1. The molecule has 1 aliphatic heterocycles. The lowest BCUT2D eigenvalue weighted by atomic mass is 9.97. The average molecular weight is 290 g/mol. The van der Waals surface area contributed by atoms with Crippen LogP contribution in [0.5, 0.6) is 5.75 Å². The van der Waals surface area contributed by atoms with Gasteiger partial charge in [-0.25, -0.2) is 0 Å². The minimum Gasteiger partial charge on any atom is -0.493 e. The number of fused-ring (bicyclic) bond motifs is 1. The van der Waals surface area contributed by atoms with Gasteiger partial charge in [-0.3, -0.25) is 0 Å². The summed E-state index contributed by atoms with van der Waals surface area (Å²) in [7, 11) is 0. The zero-order valence-electron chi connectivity index (χ0n) is 11.6. The van der Waals surface area contributed by atoms with Gasteiger partial charge < -0.3 is 10.1 Å². The van der Waals surface area contributed by atoms with E-state index in [0.29, 0.717) is 0 Å². The zero-order chi connectivity index (χ0) is 13.8. The molecule has 2 aromatic rings. The monoisotopic (exact) mass is 289 g/mol. The van der Waals surface area contributed by atoms with E-state index in [1.807, 2.05) is 30.3 Å². The van der Waals surface area contributed by atoms with Gasteiger partial charge in [0.15, 0.2) is 0 Å². The summed E-state index contributed by atoms with van der Waals surface area (Å²) in [6.07, 6.45) is 3.72. The van der Waals surface area contributed by atoms with Crippen LogP contribution in [0.15, 0.2) is 36.4 Å². The Morgan fingerprint density at radius 1 is 1.15 bits per heavy atom. The van der Waals surface area contributed by atoms with Crippen LogP contribution in [0, 0.1) is 5.92 Å². The van der Waals surface area contributed by atoms with Crippen molar-refractivity contribution in [1.29, 1.82) is 0 Å². The van der Waals surface area contributed by atoms with Crippen LogP contribution >= 0.6 is 11.6 Å². The standard InChI is InChI=1S/C17H20ClNO/c18-16-7-8-17(15-6-2-1-5-14(15)16)20-11-9-13-4-3-10-19-12-13/h1-2,5-8,13,19H,3-4,9-12H2/t13-/m1/s1. The van der Waals surface area contributed by atoms with Crippen LogP contribution in [0.1, 0.15) is 19.3 Å². The maximum absolute atomic E-state index is 6.22. The van der Waals surface area contributed by atoms with E-state index in [0.717, 1.165) is 47.0 Å². The Hall–Kier alpha value is -1.25. The number of benzene rings is 2. The molecular weight excluding hydrogens is 270 g/mol. The molecule has 1 N–H and O–H groups in total. The van der Waals surface area contributed by atoms with Gasteiger partial charge in [0.25, 0.3) is 0 Å². The van der Waals surface area contributed by atoms with Crippen LogP contribution in [0.3, 0.4) is 0 Å². The van der Waals surface area contributed by atoms with E-state index in [9.17, 15) is 0 Å². The summed E-state index contributed by atoms with van der Waals surface area (Å²) < 4.78 is 5.99. The van der Waals surface area contributed by atoms with Crippen molar-refractivity contribution in [1.82, 2.24) is 5.32 Å². The van der Waals surface area contributed by atoms with E-state index in [4.69, 9.17) is 16.3 Å². The van der Waals surface area contributed by atoms with Crippen molar-refractivity contribution in [3.8, 4) is 5.75 Å². The predicted molar refractivity (Wildman–Crippen MR) is 84.7 cm³/mol. The Kier molecular flexibility index (Phi) is 4.44. The van der Waals surface area contributed by atoms with Crippen LogP contribution < -0.4 is 10.1 Å². The SMILES string of the molecule is Clc1ccc(OCC[C@H]2CCCNC2)c2ccccc12. The van der Waals surface area contributed by atoms with Crippen LogP contribution in [0.2, 0.25) is 5.02 Å². The van der Waals surface area contributed by atoms with Gasteiger partial charge in [-0.2, -0.15) is 0 Å². The predicted octanol–water partition coefficient (Wildman–Crippen LogP) is 4.26. The van der Waals surface area contributed by atoms with Crippen LogP contribution in [0.25, 0.3) is 10.8 Å². The molecule has 0 amide bonds. The summed E-state index contributed by atoms with van der Waals surface area (Å²) in [4.78, 5) is 0. The first kappa shape index (κ1) is 13.7. The van der Waals surface area contributed by atoms with Crippen molar-refractivity contribution in [3.63, 3.8) is 0 Å². The van der Waals surface area contributed by atoms with Gasteiger partial charge >= 0.3 is 0 Å². The fourth-order valence-electron chi connectivity index (χ4n) is 2.87. The summed E-state index contributed by atoms with van der Waals surface area (Å²) in [5.41, 5.74) is 0. The largest absolute Gasteiger partial charge is 0.493 e. The van der Waals surface area contributed by atoms with E-state index in [1.165, 1.54) is 19.4 Å². The number of ether oxygens (including phenoxy) is 1. The summed E-state index contributed by atoms with van der Waals surface area (Å²) in [6, 6.07) is 12.0. The molecule has 106 valence electrons. The molecule has 1 saturated heterocycles. The van der Waals surface area contributed by atoms with Crippen molar-refractivity contribution in [2.45, 2.75) is 19.3 Å². The lowest BCUT2D eigenvalue weighted by Gasteiger charge is -2.22. The van der Waals surface area contributed by atoms with E-state index in [2.05, 4.69) is 11.4 Å². The van der Waals surface area contributed by atoms with Crippen molar-refractivity contribution >= 4 is 22.4 Å². The second-order valence-electron chi connectivity index (χ2n) is 5.44. The van der Waals surface area contributed by atoms with Crippen LogP contribution in [-0.2, 0) is 0 Å². The Morgan fingerprint density at radius 3 is 2.80 bits per heavy atom. The molecular formula is C17H20ClNO. The molecule has 0 radical (unpaired) electrons. The van der Waals surface area contributed by atoms with Crippen LogP contribution in [-0.4, -0.2) is 19.7 Å². The maximum Gasteiger partial charge on any atom is 0.127 e. The molecule has 0 saturated carbocycles. The molecule has 2 nitrogen and oxygen atoms in total. The summed E-state index contributed by atoms with van der Waals surface area (Å²) >= 11 is 6.22. The number of rotatable bonds is 4. The van der Waals surface area contributed by atoms with Gasteiger partial charge in [0.2, 0.25) is 0 Å². The van der Waals surface area contributed by atoms with Gasteiger partial charge in [-0.15, -0.1) is 0 Å². The fraction of sp³-hybridized carbons (Fsp3) is 0.412. The van der Waals surface area contributed by atoms with Gasteiger partial charge in [0.05, 0.1) is 6.61 Å². The van der Waals surface area contributed by atoms with Crippen molar-refractivity contribution in [2.75, 3.05) is 19.7 Å². The molecule has 20 heavy (non-hydrogen) atoms. The second-order valence-corrected chi connectivity index (χ2v) is 5.85. The molecule has 0 spiro atoms. The molecule has 0 aromatic heterocycles. The minimum atomic E-state index is 0.752. The van der Waals surface area contributed by atoms with E-state index in [1.54, 1.807) is 0 Å². The van der Waals surface area contributed by atoms with Crippen molar-refractivity contribution in [2.24, 2.45) is 5.92 Å². The molecule has 2 aromatic carbocycles. The molecule has 1 heterocycles. The summed E-state index contributed by atoms with van der Waals surface area (Å²) in [5.74, 6) is 1.69. The lowest BCUT2D eigenvalue weighted by molar-refractivity contribution is 0.256. The second kappa shape index (κ2) is 6.47. The highest BCUT2D eigenvalue weighted by Crippen LogP contribution is 2.31. The molecule has 0 bridgehead atoms. The van der Waals surface area contributed by atoms with Crippen LogP contribution in [0.4, 0.5) is 0 Å². The zero-order valence-corrected chi connectivity index (χ0v) is 12.3. The highest BCUT2D eigenvalue weighted by molar-refractivity contribution is 6.35. The topological polar surface area (TPSA) is 21.3 Å². The fourth-order valence-corrected chi connectivity index (χ4v) is 3.09.